The standard InChI is InChI=1S/C70H88BN3O/c1-19-23-24-28-39-71(64-43-50-42-59-60(45-63(50)75-64)69(15,16)38-37-68(59,13)14)61(48-72-47-51-46-70(17,18)58-44-52(65(6,7)8)32-33-55(51)58)62(73-40-34-57-56(22-4)66(9,10)35-36-67(57,11)12)41-49(5)74(53(21-3)29-20-2)54-30-26-25-27-31-54/h19-34,39-40,42-45,47-48,62,72-73H,1-5,35-38,41,46H2,6-18H3/b24-23-,39-28+,40-34+,51-47-,53-29+,61-48-. The lowest BCUT2D eigenvalue weighted by molar-refractivity contribution is 0.273. The van der Waals surface area contributed by atoms with Crippen molar-refractivity contribution >= 4 is 34.6 Å². The molecular formula is C70H88BN3O. The van der Waals surface area contributed by atoms with E-state index in [4.69, 9.17) is 11.0 Å². The molecule has 0 aliphatic heterocycles. The number of furan rings is 1. The Morgan fingerprint density at radius 3 is 2.01 bits per heavy atom. The van der Waals surface area contributed by atoms with Gasteiger partial charge in [-0.25, -0.2) is 0 Å². The molecule has 1 unspecified atom stereocenters. The monoisotopic (exact) mass is 998 g/mol. The number of nitrogens with zero attached hydrogens (tertiary/aromatic N) is 1. The molecule has 7 rings (SSSR count). The molecule has 2 N–H and O–H groups in total. The van der Waals surface area contributed by atoms with Crippen molar-refractivity contribution < 1.29 is 4.42 Å². The van der Waals surface area contributed by atoms with Gasteiger partial charge >= 0.3 is 0 Å². The van der Waals surface area contributed by atoms with Gasteiger partial charge in [-0.2, -0.15) is 0 Å². The van der Waals surface area contributed by atoms with Crippen LogP contribution < -0.4 is 21.2 Å². The smallest absolute Gasteiger partial charge is 0.279 e. The van der Waals surface area contributed by atoms with E-state index in [-0.39, 0.29) is 45.2 Å². The summed E-state index contributed by atoms with van der Waals surface area (Å²) in [6.45, 7) is 51.9. The van der Waals surface area contributed by atoms with Crippen LogP contribution in [-0.2, 0) is 21.7 Å². The summed E-state index contributed by atoms with van der Waals surface area (Å²) in [6, 6.07) is 24.2. The molecule has 1 aromatic heterocycles. The lowest BCUT2D eigenvalue weighted by Gasteiger charge is -2.42. The van der Waals surface area contributed by atoms with Gasteiger partial charge in [0.1, 0.15) is 5.58 Å². The summed E-state index contributed by atoms with van der Waals surface area (Å²) in [6.07, 6.45) is 30.5. The molecular weight excluding hydrogens is 910 g/mol. The van der Waals surface area contributed by atoms with Crippen molar-refractivity contribution in [3.05, 3.63) is 235 Å². The minimum atomic E-state index is -0.322. The molecule has 1 heterocycles. The van der Waals surface area contributed by atoms with Gasteiger partial charge in [0.25, 0.3) is 6.71 Å². The largest absolute Gasteiger partial charge is 0.470 e. The van der Waals surface area contributed by atoms with Gasteiger partial charge in [0.15, 0.2) is 0 Å². The van der Waals surface area contributed by atoms with Crippen molar-refractivity contribution in [2.75, 3.05) is 4.90 Å². The average Bonchev–Trinajstić information content (AvgIpc) is 3.89. The summed E-state index contributed by atoms with van der Waals surface area (Å²) >= 11 is 0. The molecule has 0 bridgehead atoms. The average molecular weight is 998 g/mol. The number of hydrogen-bond donors (Lipinski definition) is 2. The van der Waals surface area contributed by atoms with Crippen molar-refractivity contribution in [2.24, 2.45) is 10.8 Å². The van der Waals surface area contributed by atoms with Gasteiger partial charge in [0, 0.05) is 41.1 Å². The van der Waals surface area contributed by atoms with Gasteiger partial charge in [-0.15, -0.1) is 5.98 Å². The van der Waals surface area contributed by atoms with Gasteiger partial charge in [-0.1, -0.05) is 196 Å². The molecule has 0 saturated heterocycles. The van der Waals surface area contributed by atoms with Gasteiger partial charge in [-0.05, 0) is 176 Å². The zero-order valence-electron chi connectivity index (χ0n) is 48.1. The number of rotatable bonds is 19. The van der Waals surface area contributed by atoms with Crippen LogP contribution in [0.3, 0.4) is 0 Å². The first kappa shape index (κ1) is 56.3. The van der Waals surface area contributed by atoms with Crippen LogP contribution in [0.1, 0.15) is 156 Å². The predicted molar refractivity (Wildman–Crippen MR) is 329 cm³/mol. The van der Waals surface area contributed by atoms with Crippen LogP contribution in [0.2, 0.25) is 0 Å². The van der Waals surface area contributed by atoms with E-state index in [1.807, 2.05) is 42.5 Å². The van der Waals surface area contributed by atoms with E-state index in [0.717, 1.165) is 71.3 Å². The lowest BCUT2D eigenvalue weighted by Crippen LogP contribution is -2.42. The number of benzene rings is 3. The van der Waals surface area contributed by atoms with Crippen LogP contribution >= 0.6 is 0 Å². The highest BCUT2D eigenvalue weighted by molar-refractivity contribution is 6.83. The Bertz CT molecular complexity index is 3000. The first-order valence-corrected chi connectivity index (χ1v) is 27.4. The maximum Gasteiger partial charge on any atom is 0.279 e. The molecule has 1 atom stereocenters. The number of allylic oxidation sites excluding steroid dienone is 12. The van der Waals surface area contributed by atoms with Gasteiger partial charge in [0.2, 0.25) is 0 Å². The normalized spacial score (nSPS) is 19.8. The second kappa shape index (κ2) is 22.0. The molecule has 4 aromatic rings. The maximum atomic E-state index is 7.22. The van der Waals surface area contributed by atoms with Crippen molar-refractivity contribution in [2.45, 2.75) is 156 Å². The number of anilines is 1. The number of fused-ring (bicyclic) bond motifs is 3. The van der Waals surface area contributed by atoms with E-state index in [0.29, 0.717) is 6.42 Å². The van der Waals surface area contributed by atoms with E-state index in [2.05, 4.69) is 235 Å². The highest BCUT2D eigenvalue weighted by atomic mass is 16.3. The van der Waals surface area contributed by atoms with Crippen molar-refractivity contribution in [3.63, 3.8) is 0 Å². The first-order valence-electron chi connectivity index (χ1n) is 27.4. The maximum absolute atomic E-state index is 7.22. The molecule has 3 aliphatic carbocycles. The molecule has 75 heavy (non-hydrogen) atoms. The summed E-state index contributed by atoms with van der Waals surface area (Å²) in [4.78, 5) is 2.20. The molecule has 4 nitrogen and oxygen atoms in total. The highest BCUT2D eigenvalue weighted by Crippen LogP contribution is 2.51. The van der Waals surface area contributed by atoms with E-state index in [1.54, 1.807) is 0 Å². The fraction of sp³-hybridized carbons (Fsp3) is 0.371. The molecule has 5 heteroatoms. The molecule has 0 amide bonds. The summed E-state index contributed by atoms with van der Waals surface area (Å²) in [5.41, 5.74) is 16.4. The Kier molecular flexibility index (Phi) is 16.5. The fourth-order valence-electron chi connectivity index (χ4n) is 11.9. The Morgan fingerprint density at radius 2 is 1.39 bits per heavy atom. The minimum Gasteiger partial charge on any atom is -0.470 e. The summed E-state index contributed by atoms with van der Waals surface area (Å²) < 4.78 is 7.22. The third-order valence-corrected chi connectivity index (χ3v) is 16.7. The SMILES string of the molecule is C=C/C=C\C=C\B(/C(=C\N/C=C1/CC(C)(C)c2cc(C(C)(C)C)ccc21)C(CC(=C)N(/C(C=C)=C/C=C)c1ccccc1)N/C=C/C1=C(C=C)C(C)(C)CCC1(C)C)c1cc2cc3c(cc2o1)C(C)(C)CCC3(C)C. The Labute approximate surface area is 454 Å². The molecule has 0 saturated carbocycles. The van der Waals surface area contributed by atoms with Crippen LogP contribution in [0.15, 0.2) is 211 Å². The second-order valence-electron chi connectivity index (χ2n) is 25.7. The third kappa shape index (κ3) is 12.1. The minimum absolute atomic E-state index is 0.00337. The molecule has 392 valence electrons. The quantitative estimate of drug-likeness (QED) is 0.0725. The first-order chi connectivity index (χ1) is 35.3. The van der Waals surface area contributed by atoms with Crippen LogP contribution in [0.4, 0.5) is 5.69 Å². The third-order valence-electron chi connectivity index (χ3n) is 16.7. The predicted octanol–water partition coefficient (Wildman–Crippen LogP) is 17.8. The molecule has 0 fully saturated rings. The lowest BCUT2D eigenvalue weighted by atomic mass is 9.41. The van der Waals surface area contributed by atoms with Crippen LogP contribution in [0, 0.1) is 10.8 Å². The molecule has 3 aliphatic rings. The van der Waals surface area contributed by atoms with E-state index < -0.39 is 0 Å². The van der Waals surface area contributed by atoms with Crippen molar-refractivity contribution in [1.29, 1.82) is 0 Å². The number of nitrogens with one attached hydrogen (secondary N) is 2. The number of para-hydroxylation sites is 1. The second-order valence-corrected chi connectivity index (χ2v) is 25.7. The zero-order chi connectivity index (χ0) is 54.7. The molecule has 3 aromatic carbocycles. The Morgan fingerprint density at radius 1 is 0.733 bits per heavy atom. The molecule has 0 radical (unpaired) electrons. The Hall–Kier alpha value is -6.46. The zero-order valence-corrected chi connectivity index (χ0v) is 48.1. The topological polar surface area (TPSA) is 40.4 Å². The summed E-state index contributed by atoms with van der Waals surface area (Å²) in [5.74, 6) is 2.27. The van der Waals surface area contributed by atoms with Crippen LogP contribution in [0.25, 0.3) is 16.5 Å². The van der Waals surface area contributed by atoms with Gasteiger partial charge in [-0.3, -0.25) is 0 Å². The summed E-state index contributed by atoms with van der Waals surface area (Å²) in [5, 5.41) is 9.00. The van der Waals surface area contributed by atoms with E-state index in [9.17, 15) is 0 Å². The van der Waals surface area contributed by atoms with Gasteiger partial charge in [0.05, 0.1) is 5.66 Å². The molecule has 0 spiro atoms. The van der Waals surface area contributed by atoms with Crippen LogP contribution in [-0.4, -0.2) is 12.8 Å². The van der Waals surface area contributed by atoms with E-state index >= 15 is 0 Å². The highest BCUT2D eigenvalue weighted by Gasteiger charge is 2.40. The van der Waals surface area contributed by atoms with Crippen molar-refractivity contribution in [3.8, 4) is 0 Å². The van der Waals surface area contributed by atoms with Crippen LogP contribution in [0.5, 0.6) is 0 Å². The van der Waals surface area contributed by atoms with Gasteiger partial charge < -0.3 is 20.0 Å². The fourth-order valence-corrected chi connectivity index (χ4v) is 11.9. The van der Waals surface area contributed by atoms with Crippen molar-refractivity contribution in [1.82, 2.24) is 10.6 Å². The van der Waals surface area contributed by atoms with E-state index in [1.165, 1.54) is 44.5 Å². The number of hydrogen-bond acceptors (Lipinski definition) is 4. The Balaban J connectivity index is 1.47. The summed E-state index contributed by atoms with van der Waals surface area (Å²) in [7, 11) is 0.